The number of carbonyl (C=O) groups excluding carboxylic acids is 1. The maximum Gasteiger partial charge on any atom is 0.416 e. The number of methoxy groups -OCH3 is 1. The van der Waals surface area contributed by atoms with Gasteiger partial charge in [0.15, 0.2) is 0 Å². The Hall–Kier alpha value is -2.46. The van der Waals surface area contributed by atoms with Gasteiger partial charge in [0.2, 0.25) is 5.91 Å². The summed E-state index contributed by atoms with van der Waals surface area (Å²) in [6, 6.07) is 7.72. The van der Waals surface area contributed by atoms with E-state index in [1.165, 1.54) is 25.3 Å². The van der Waals surface area contributed by atoms with Gasteiger partial charge < -0.3 is 10.1 Å². The summed E-state index contributed by atoms with van der Waals surface area (Å²) >= 11 is 5.97. The number of nitrogens with zero attached hydrogens (tertiary/aromatic N) is 1. The molecule has 31 heavy (non-hydrogen) atoms. The lowest BCUT2D eigenvalue weighted by Crippen LogP contribution is -2.43. The smallest absolute Gasteiger partial charge is 0.416 e. The highest BCUT2D eigenvalue weighted by molar-refractivity contribution is 7.93. The van der Waals surface area contributed by atoms with Crippen LogP contribution in [0.5, 0.6) is 5.75 Å². The molecule has 0 aliphatic carbocycles. The van der Waals surface area contributed by atoms with Gasteiger partial charge in [-0.2, -0.15) is 13.2 Å². The van der Waals surface area contributed by atoms with Crippen LogP contribution in [0.1, 0.15) is 25.8 Å². The molecule has 1 amide bonds. The van der Waals surface area contributed by atoms with Gasteiger partial charge in [0.1, 0.15) is 17.2 Å². The third kappa shape index (κ3) is 5.82. The Kier molecular flexibility index (Phi) is 7.82. The zero-order valence-electron chi connectivity index (χ0n) is 17.0. The Morgan fingerprint density at radius 1 is 1.23 bits per heavy atom. The molecule has 11 heteroatoms. The number of hydrogen-bond acceptors (Lipinski definition) is 4. The number of hydrogen-bond donors (Lipinski definition) is 1. The minimum Gasteiger partial charge on any atom is -0.495 e. The first-order valence-electron chi connectivity index (χ1n) is 9.23. The second-order valence-corrected chi connectivity index (χ2v) is 8.94. The van der Waals surface area contributed by atoms with Crippen LogP contribution in [0.2, 0.25) is 5.02 Å². The molecule has 0 unspecified atom stereocenters. The number of alkyl halides is 3. The monoisotopic (exact) mass is 478 g/mol. The highest BCUT2D eigenvalue weighted by atomic mass is 35.5. The summed E-state index contributed by atoms with van der Waals surface area (Å²) in [5.41, 5.74) is -1.20. The first-order valence-corrected chi connectivity index (χ1v) is 11.1. The Bertz CT molecular complexity index is 1040. The van der Waals surface area contributed by atoms with Crippen molar-refractivity contribution in [2.24, 2.45) is 0 Å². The van der Waals surface area contributed by atoms with Crippen molar-refractivity contribution in [1.82, 2.24) is 5.32 Å². The Morgan fingerprint density at radius 2 is 1.87 bits per heavy atom. The second kappa shape index (κ2) is 9.78. The normalized spacial score (nSPS) is 12.9. The Balaban J connectivity index is 2.64. The third-order valence-corrected chi connectivity index (χ3v) is 6.73. The van der Waals surface area contributed by atoms with Crippen LogP contribution in [0.15, 0.2) is 47.4 Å². The summed E-state index contributed by atoms with van der Waals surface area (Å²) in [5.74, 6) is -0.516. The molecule has 0 saturated heterocycles. The predicted octanol–water partition coefficient (Wildman–Crippen LogP) is 4.48. The number of amides is 1. The maximum absolute atomic E-state index is 13.4. The summed E-state index contributed by atoms with van der Waals surface area (Å²) in [7, 11) is -3.37. The van der Waals surface area contributed by atoms with Gasteiger partial charge in [-0.15, -0.1) is 0 Å². The average molecular weight is 479 g/mol. The van der Waals surface area contributed by atoms with Gasteiger partial charge in [0.05, 0.1) is 23.4 Å². The molecule has 1 N–H and O–H groups in total. The molecule has 0 aliphatic rings. The largest absolute Gasteiger partial charge is 0.495 e. The number of rotatable bonds is 8. The van der Waals surface area contributed by atoms with Gasteiger partial charge in [-0.25, -0.2) is 8.42 Å². The van der Waals surface area contributed by atoms with Crippen LogP contribution in [-0.4, -0.2) is 34.0 Å². The van der Waals surface area contributed by atoms with Gasteiger partial charge in [-0.3, -0.25) is 9.10 Å². The first kappa shape index (κ1) is 24.8. The van der Waals surface area contributed by atoms with E-state index in [1.54, 1.807) is 13.0 Å². The van der Waals surface area contributed by atoms with E-state index in [1.807, 2.05) is 6.92 Å². The molecule has 0 fully saturated rings. The fourth-order valence-electron chi connectivity index (χ4n) is 2.68. The van der Waals surface area contributed by atoms with Crippen LogP contribution in [0.3, 0.4) is 0 Å². The molecule has 1 atom stereocenters. The lowest BCUT2D eigenvalue weighted by Gasteiger charge is -2.27. The molecule has 6 nitrogen and oxygen atoms in total. The lowest BCUT2D eigenvalue weighted by atomic mass is 10.2. The molecule has 170 valence electrons. The van der Waals surface area contributed by atoms with E-state index in [2.05, 4.69) is 5.32 Å². The van der Waals surface area contributed by atoms with Crippen molar-refractivity contribution in [3.05, 3.63) is 53.1 Å². The van der Waals surface area contributed by atoms with Crippen molar-refractivity contribution in [3.63, 3.8) is 0 Å². The average Bonchev–Trinajstić information content (AvgIpc) is 2.71. The van der Waals surface area contributed by atoms with Gasteiger partial charge >= 0.3 is 6.18 Å². The molecule has 0 radical (unpaired) electrons. The number of benzene rings is 2. The second-order valence-electron chi connectivity index (χ2n) is 6.70. The van der Waals surface area contributed by atoms with Gasteiger partial charge in [-0.05, 0) is 43.7 Å². The van der Waals surface area contributed by atoms with Gasteiger partial charge in [0.25, 0.3) is 10.0 Å². The number of para-hydroxylation sites is 2. The highest BCUT2D eigenvalue weighted by Gasteiger charge is 2.36. The van der Waals surface area contributed by atoms with Crippen molar-refractivity contribution < 1.29 is 31.1 Å². The molecule has 0 aromatic heterocycles. The van der Waals surface area contributed by atoms with Crippen molar-refractivity contribution in [2.75, 3.05) is 18.0 Å². The zero-order chi connectivity index (χ0) is 23.4. The van der Waals surface area contributed by atoms with Crippen molar-refractivity contribution >= 4 is 33.2 Å². The van der Waals surface area contributed by atoms with Crippen molar-refractivity contribution in [2.45, 2.75) is 37.4 Å². The summed E-state index contributed by atoms with van der Waals surface area (Å²) in [5, 5.41) is 2.24. The Labute approximate surface area is 184 Å². The van der Waals surface area contributed by atoms with Crippen molar-refractivity contribution in [1.29, 1.82) is 0 Å². The predicted molar refractivity (Wildman–Crippen MR) is 112 cm³/mol. The van der Waals surface area contributed by atoms with Crippen LogP contribution in [0.25, 0.3) is 0 Å². The summed E-state index contributed by atoms with van der Waals surface area (Å²) in [4.78, 5) is 11.7. The van der Waals surface area contributed by atoms with Crippen LogP contribution in [0.4, 0.5) is 18.9 Å². The number of nitrogens with one attached hydrogen (secondary N) is 1. The van der Waals surface area contributed by atoms with E-state index in [9.17, 15) is 26.4 Å². The molecule has 0 bridgehead atoms. The third-order valence-electron chi connectivity index (χ3n) is 4.49. The van der Waals surface area contributed by atoms with Gasteiger partial charge in [-0.1, -0.05) is 30.7 Å². The molecule has 0 spiro atoms. The molecule has 0 saturated carbocycles. The molecule has 0 heterocycles. The quantitative estimate of drug-likeness (QED) is 0.607. The molecular weight excluding hydrogens is 457 g/mol. The standard InChI is InChI=1S/C20H22ClF3N2O4S/c1-4-13(2)25-19(27)12-26(16-7-5-6-8-17(16)30-3)31(28,29)18-11-14(20(22,23)24)9-10-15(18)21/h5-11,13H,4,12H2,1-3H3,(H,25,27)/t13-/m1/s1. The van der Waals surface area contributed by atoms with E-state index in [0.717, 1.165) is 6.07 Å². The van der Waals surface area contributed by atoms with E-state index in [4.69, 9.17) is 16.3 Å². The first-order chi connectivity index (χ1) is 14.4. The van der Waals surface area contributed by atoms with Crippen molar-refractivity contribution in [3.8, 4) is 5.75 Å². The maximum atomic E-state index is 13.4. The van der Waals surface area contributed by atoms with E-state index < -0.39 is 44.1 Å². The van der Waals surface area contributed by atoms with Crippen LogP contribution in [-0.2, 0) is 21.0 Å². The fourth-order valence-corrected chi connectivity index (χ4v) is 4.62. The zero-order valence-corrected chi connectivity index (χ0v) is 18.6. The van der Waals surface area contributed by atoms with Crippen LogP contribution < -0.4 is 14.4 Å². The fraction of sp³-hybridized carbons (Fsp3) is 0.350. The summed E-state index contributed by atoms with van der Waals surface area (Å²) in [6.07, 6.45) is -4.18. The van der Waals surface area contributed by atoms with Crippen LogP contribution in [0, 0.1) is 0 Å². The molecule has 2 aromatic rings. The highest BCUT2D eigenvalue weighted by Crippen LogP contribution is 2.37. The van der Waals surface area contributed by atoms with E-state index >= 15 is 0 Å². The number of halogens is 4. The lowest BCUT2D eigenvalue weighted by molar-refractivity contribution is -0.137. The van der Waals surface area contributed by atoms with E-state index in [0.29, 0.717) is 22.9 Å². The topological polar surface area (TPSA) is 75.7 Å². The summed E-state index contributed by atoms with van der Waals surface area (Å²) < 4.78 is 72.3. The minimum atomic E-state index is -4.78. The van der Waals surface area contributed by atoms with Crippen LogP contribution >= 0.6 is 11.6 Å². The molecular formula is C20H22ClF3N2O4S. The molecule has 2 aromatic carbocycles. The summed E-state index contributed by atoms with van der Waals surface area (Å²) in [6.45, 7) is 2.89. The van der Waals surface area contributed by atoms with E-state index in [-0.39, 0.29) is 17.5 Å². The number of sulfonamides is 1. The molecule has 0 aliphatic heterocycles. The number of ether oxygens (including phenoxy) is 1. The SMILES string of the molecule is CC[C@@H](C)NC(=O)CN(c1ccccc1OC)S(=O)(=O)c1cc(C(F)(F)F)ccc1Cl. The molecule has 2 rings (SSSR count). The number of carbonyl (C=O) groups is 1. The van der Waals surface area contributed by atoms with Gasteiger partial charge in [0, 0.05) is 6.04 Å². The number of anilines is 1. The minimum absolute atomic E-state index is 0.0159. The Morgan fingerprint density at radius 3 is 2.45 bits per heavy atom.